The summed E-state index contributed by atoms with van der Waals surface area (Å²) in [6.45, 7) is 1.79. The quantitative estimate of drug-likeness (QED) is 0.653. The number of nitrogens with zero attached hydrogens (tertiary/aromatic N) is 5. The highest BCUT2D eigenvalue weighted by molar-refractivity contribution is 5.97. The lowest BCUT2D eigenvalue weighted by Gasteiger charge is -2.47. The van der Waals surface area contributed by atoms with E-state index in [9.17, 15) is 4.79 Å². The fourth-order valence-electron chi connectivity index (χ4n) is 5.72. The van der Waals surface area contributed by atoms with Gasteiger partial charge in [0, 0.05) is 50.4 Å². The summed E-state index contributed by atoms with van der Waals surface area (Å²) in [6, 6.07) is 2.38. The summed E-state index contributed by atoms with van der Waals surface area (Å²) >= 11 is 0. The van der Waals surface area contributed by atoms with Gasteiger partial charge in [-0.15, -0.1) is 0 Å². The first-order chi connectivity index (χ1) is 15.1. The van der Waals surface area contributed by atoms with E-state index >= 15 is 0 Å². The largest absolute Gasteiger partial charge is 0.382 e. The van der Waals surface area contributed by atoms with Crippen molar-refractivity contribution in [3.63, 3.8) is 0 Å². The highest BCUT2D eigenvalue weighted by atomic mass is 16.5. The average Bonchev–Trinajstić information content (AvgIpc) is 3.67. The van der Waals surface area contributed by atoms with Gasteiger partial charge >= 0.3 is 0 Å². The van der Waals surface area contributed by atoms with Crippen molar-refractivity contribution in [2.24, 2.45) is 18.9 Å². The molecule has 0 amide bonds. The lowest BCUT2D eigenvalue weighted by molar-refractivity contribution is -0.133. The van der Waals surface area contributed by atoms with Crippen LogP contribution in [0, 0.1) is 11.8 Å². The van der Waals surface area contributed by atoms with Gasteiger partial charge in [0.1, 0.15) is 11.2 Å². The lowest BCUT2D eigenvalue weighted by atomic mass is 9.99. The third-order valence-corrected chi connectivity index (χ3v) is 7.53. The molecule has 5 fully saturated rings. The van der Waals surface area contributed by atoms with E-state index in [2.05, 4.69) is 21.2 Å². The van der Waals surface area contributed by atoms with Gasteiger partial charge in [-0.2, -0.15) is 10.2 Å². The van der Waals surface area contributed by atoms with Crippen molar-refractivity contribution in [1.82, 2.24) is 24.5 Å². The minimum absolute atomic E-state index is 0.0294. The van der Waals surface area contributed by atoms with Crippen LogP contribution < -0.4 is 16.2 Å². The standard InChI is InChI=1S/C22H27N7O2/c1-27-17(28-8-13-6-14(9-28)31-13)7-16(26-27)15-10-29(20(11-2-3-11)12-4-5-12)22(30)18-19(15)24-25-21(18)23/h7,10-14,20H,2-6,8-9H2,1H3,(H3,23,24,25). The number of rotatable bonds is 5. The highest BCUT2D eigenvalue weighted by Gasteiger charge is 2.43. The van der Waals surface area contributed by atoms with Gasteiger partial charge < -0.3 is 19.9 Å². The van der Waals surface area contributed by atoms with E-state index in [0.717, 1.165) is 36.6 Å². The first-order valence-electron chi connectivity index (χ1n) is 11.4. The molecule has 2 unspecified atom stereocenters. The molecule has 9 nitrogen and oxygen atoms in total. The molecule has 8 rings (SSSR count). The number of anilines is 2. The number of fused-ring (bicyclic) bond motifs is 3. The molecular weight excluding hydrogens is 394 g/mol. The Morgan fingerprint density at radius 2 is 1.87 bits per heavy atom. The molecule has 31 heavy (non-hydrogen) atoms. The maximum absolute atomic E-state index is 13.4. The molecule has 2 bridgehead atoms. The molecule has 9 heteroatoms. The van der Waals surface area contributed by atoms with Crippen molar-refractivity contribution in [3.8, 4) is 11.3 Å². The van der Waals surface area contributed by atoms with Gasteiger partial charge in [0.15, 0.2) is 5.82 Å². The van der Waals surface area contributed by atoms with Crippen molar-refractivity contribution < 1.29 is 4.74 Å². The molecule has 2 aliphatic carbocycles. The predicted molar refractivity (Wildman–Crippen MR) is 117 cm³/mol. The van der Waals surface area contributed by atoms with Crippen LogP contribution in [0.25, 0.3) is 22.2 Å². The minimum Gasteiger partial charge on any atom is -0.382 e. The van der Waals surface area contributed by atoms with Crippen LogP contribution >= 0.6 is 0 Å². The summed E-state index contributed by atoms with van der Waals surface area (Å²) in [7, 11) is 1.98. The molecule has 3 saturated heterocycles. The van der Waals surface area contributed by atoms with Crippen LogP contribution in [0.15, 0.2) is 17.1 Å². The van der Waals surface area contributed by atoms with E-state index in [1.165, 1.54) is 25.7 Å². The Morgan fingerprint density at radius 1 is 1.19 bits per heavy atom. The number of nitrogens with two attached hydrogens (primary N) is 1. The van der Waals surface area contributed by atoms with Crippen molar-refractivity contribution in [3.05, 3.63) is 22.6 Å². The summed E-state index contributed by atoms with van der Waals surface area (Å²) in [4.78, 5) is 15.8. The Bertz CT molecular complexity index is 1220. The summed E-state index contributed by atoms with van der Waals surface area (Å²) in [5, 5.41) is 12.5. The Balaban J connectivity index is 1.37. The van der Waals surface area contributed by atoms with Gasteiger partial charge in [-0.25, -0.2) is 0 Å². The number of nitrogen functional groups attached to an aromatic ring is 1. The van der Waals surface area contributed by atoms with Crippen LogP contribution in [-0.4, -0.2) is 49.8 Å². The maximum Gasteiger partial charge on any atom is 0.264 e. The molecule has 2 saturated carbocycles. The van der Waals surface area contributed by atoms with Gasteiger partial charge in [-0.1, -0.05) is 0 Å². The first-order valence-corrected chi connectivity index (χ1v) is 11.4. The Labute approximate surface area is 179 Å². The summed E-state index contributed by atoms with van der Waals surface area (Å²) < 4.78 is 9.68. The monoisotopic (exact) mass is 421 g/mol. The van der Waals surface area contributed by atoms with Gasteiger partial charge in [-0.05, 0) is 37.5 Å². The van der Waals surface area contributed by atoms with Gasteiger partial charge in [-0.3, -0.25) is 14.6 Å². The zero-order valence-corrected chi connectivity index (χ0v) is 17.6. The molecule has 0 aromatic carbocycles. The Kier molecular flexibility index (Phi) is 3.52. The molecule has 5 aliphatic rings. The van der Waals surface area contributed by atoms with E-state index in [4.69, 9.17) is 15.6 Å². The van der Waals surface area contributed by atoms with E-state index < -0.39 is 0 Å². The topological polar surface area (TPSA) is 107 Å². The smallest absolute Gasteiger partial charge is 0.264 e. The van der Waals surface area contributed by atoms with E-state index in [1.54, 1.807) is 0 Å². The Morgan fingerprint density at radius 3 is 2.52 bits per heavy atom. The third kappa shape index (κ3) is 2.68. The number of hydrogen-bond donors (Lipinski definition) is 2. The molecule has 0 spiro atoms. The second kappa shape index (κ2) is 6.12. The summed E-state index contributed by atoms with van der Waals surface area (Å²) in [5.74, 6) is 2.55. The summed E-state index contributed by atoms with van der Waals surface area (Å²) in [6.07, 6.45) is 8.64. The number of pyridine rings is 1. The number of aryl methyl sites for hydroxylation is 1. The summed E-state index contributed by atoms with van der Waals surface area (Å²) in [5.41, 5.74) is 8.53. The Hall–Kier alpha value is -2.81. The van der Waals surface area contributed by atoms with Crippen LogP contribution in [0.1, 0.15) is 38.1 Å². The molecule has 3 N–H and O–H groups in total. The molecule has 162 valence electrons. The second-order valence-corrected chi connectivity index (χ2v) is 9.81. The lowest BCUT2D eigenvalue weighted by Crippen LogP contribution is -2.57. The predicted octanol–water partition coefficient (Wildman–Crippen LogP) is 2.05. The number of morpholine rings is 1. The van der Waals surface area contributed by atoms with Crippen LogP contribution in [0.4, 0.5) is 11.6 Å². The number of aromatic nitrogens is 5. The molecular formula is C22H27N7O2. The van der Waals surface area contributed by atoms with Crippen LogP contribution in [0.2, 0.25) is 0 Å². The number of aromatic amines is 1. The minimum atomic E-state index is -0.0294. The van der Waals surface area contributed by atoms with Crippen LogP contribution in [-0.2, 0) is 11.8 Å². The fourth-order valence-corrected chi connectivity index (χ4v) is 5.72. The zero-order chi connectivity index (χ0) is 20.9. The normalized spacial score (nSPS) is 25.4. The van der Waals surface area contributed by atoms with Crippen molar-refractivity contribution in [2.45, 2.75) is 50.4 Å². The van der Waals surface area contributed by atoms with Crippen molar-refractivity contribution >= 4 is 22.5 Å². The van der Waals surface area contributed by atoms with Crippen molar-refractivity contribution in [1.29, 1.82) is 0 Å². The van der Waals surface area contributed by atoms with E-state index in [-0.39, 0.29) is 17.4 Å². The molecule has 3 aliphatic heterocycles. The maximum atomic E-state index is 13.4. The average molecular weight is 422 g/mol. The first kappa shape index (κ1) is 17.8. The fraction of sp³-hybridized carbons (Fsp3) is 0.591. The molecule has 0 radical (unpaired) electrons. The number of hydrogen-bond acceptors (Lipinski definition) is 6. The van der Waals surface area contributed by atoms with Crippen molar-refractivity contribution in [2.75, 3.05) is 23.7 Å². The third-order valence-electron chi connectivity index (χ3n) is 7.53. The molecule has 2 atom stereocenters. The van der Waals surface area contributed by atoms with E-state index in [1.807, 2.05) is 22.5 Å². The van der Waals surface area contributed by atoms with Crippen LogP contribution in [0.3, 0.4) is 0 Å². The van der Waals surface area contributed by atoms with Gasteiger partial charge in [0.25, 0.3) is 5.56 Å². The number of nitrogens with one attached hydrogen (secondary N) is 1. The molecule has 3 aromatic heterocycles. The van der Waals surface area contributed by atoms with Crippen LogP contribution in [0.5, 0.6) is 0 Å². The second-order valence-electron chi connectivity index (χ2n) is 9.81. The molecule has 3 aromatic rings. The van der Waals surface area contributed by atoms with E-state index in [0.29, 0.717) is 34.9 Å². The SMILES string of the molecule is Cn1nc(-c2cn(C(C3CC3)C3CC3)c(=O)c3c(N)n[nH]c23)cc1N1CC2CC(C1)O2. The van der Waals surface area contributed by atoms with Gasteiger partial charge in [0.2, 0.25) is 0 Å². The highest BCUT2D eigenvalue weighted by Crippen LogP contribution is 2.52. The van der Waals surface area contributed by atoms with Gasteiger partial charge in [0.05, 0.1) is 23.4 Å². The number of H-pyrrole nitrogens is 1. The number of ether oxygens (including phenoxy) is 1. The molecule has 6 heterocycles. The number of piperidine rings is 1. The zero-order valence-electron chi connectivity index (χ0n) is 17.6.